The number of halogens is 1. The van der Waals surface area contributed by atoms with E-state index < -0.39 is 0 Å². The number of anilines is 1. The molecular formula is C13H14FNS. The Bertz CT molecular complexity index is 439. The summed E-state index contributed by atoms with van der Waals surface area (Å²) >= 11 is 1.70. The molecule has 1 nitrogen and oxygen atoms in total. The first-order valence-corrected chi connectivity index (χ1v) is 6.23. The molecule has 2 rings (SSSR count). The van der Waals surface area contributed by atoms with Crippen molar-refractivity contribution in [3.63, 3.8) is 0 Å². The first kappa shape index (κ1) is 11.1. The van der Waals surface area contributed by atoms with Crippen LogP contribution >= 0.6 is 11.3 Å². The van der Waals surface area contributed by atoms with Crippen LogP contribution in [0.25, 0.3) is 0 Å². The number of thiophene rings is 1. The summed E-state index contributed by atoms with van der Waals surface area (Å²) in [6.07, 6.45) is 0.939. The molecule has 0 amide bonds. The molecule has 1 heterocycles. The average Bonchev–Trinajstić information content (AvgIpc) is 2.81. The highest BCUT2D eigenvalue weighted by Gasteiger charge is 2.11. The molecule has 1 aromatic heterocycles. The van der Waals surface area contributed by atoms with Gasteiger partial charge in [0, 0.05) is 4.88 Å². The van der Waals surface area contributed by atoms with Crippen molar-refractivity contribution < 1.29 is 4.39 Å². The van der Waals surface area contributed by atoms with Gasteiger partial charge in [0.1, 0.15) is 5.82 Å². The molecule has 16 heavy (non-hydrogen) atoms. The van der Waals surface area contributed by atoms with Crippen molar-refractivity contribution in [2.45, 2.75) is 19.4 Å². The van der Waals surface area contributed by atoms with Crippen molar-refractivity contribution in [1.82, 2.24) is 0 Å². The third kappa shape index (κ3) is 2.42. The van der Waals surface area contributed by atoms with Gasteiger partial charge in [-0.1, -0.05) is 25.1 Å². The number of nitrogens with one attached hydrogen (secondary N) is 1. The molecule has 1 N–H and O–H groups in total. The van der Waals surface area contributed by atoms with Crippen LogP contribution in [0.2, 0.25) is 0 Å². The van der Waals surface area contributed by atoms with Crippen LogP contribution < -0.4 is 5.32 Å². The molecule has 3 heteroatoms. The largest absolute Gasteiger partial charge is 0.375 e. The van der Waals surface area contributed by atoms with Crippen molar-refractivity contribution in [3.8, 4) is 0 Å². The van der Waals surface area contributed by atoms with E-state index in [0.717, 1.165) is 6.42 Å². The normalized spacial score (nSPS) is 12.4. The minimum atomic E-state index is -0.197. The summed E-state index contributed by atoms with van der Waals surface area (Å²) < 4.78 is 13.5. The molecule has 0 saturated heterocycles. The van der Waals surface area contributed by atoms with Gasteiger partial charge in [-0.15, -0.1) is 11.3 Å². The second kappa shape index (κ2) is 5.12. The highest BCUT2D eigenvalue weighted by atomic mass is 32.1. The van der Waals surface area contributed by atoms with Gasteiger partial charge in [-0.25, -0.2) is 4.39 Å². The van der Waals surface area contributed by atoms with Crippen molar-refractivity contribution in [2.24, 2.45) is 0 Å². The summed E-state index contributed by atoms with van der Waals surface area (Å²) in [6, 6.07) is 11.1. The molecule has 1 aromatic carbocycles. The summed E-state index contributed by atoms with van der Waals surface area (Å²) in [5.74, 6) is -0.197. The van der Waals surface area contributed by atoms with Crippen molar-refractivity contribution in [1.29, 1.82) is 0 Å². The van der Waals surface area contributed by atoms with Gasteiger partial charge in [0.15, 0.2) is 0 Å². The Balaban J connectivity index is 2.17. The van der Waals surface area contributed by atoms with Gasteiger partial charge >= 0.3 is 0 Å². The third-order valence-corrected chi connectivity index (χ3v) is 3.48. The van der Waals surface area contributed by atoms with Gasteiger partial charge in [-0.3, -0.25) is 0 Å². The van der Waals surface area contributed by atoms with Crippen LogP contribution in [0.4, 0.5) is 10.1 Å². The first-order valence-electron chi connectivity index (χ1n) is 5.35. The van der Waals surface area contributed by atoms with Gasteiger partial charge < -0.3 is 5.32 Å². The highest BCUT2D eigenvalue weighted by Crippen LogP contribution is 2.27. The monoisotopic (exact) mass is 235 g/mol. The van der Waals surface area contributed by atoms with E-state index >= 15 is 0 Å². The molecule has 0 aliphatic rings. The van der Waals surface area contributed by atoms with Crippen LogP contribution in [-0.2, 0) is 0 Å². The maximum atomic E-state index is 13.5. The zero-order chi connectivity index (χ0) is 11.4. The van der Waals surface area contributed by atoms with Crippen LogP contribution in [0.5, 0.6) is 0 Å². The molecule has 0 aliphatic carbocycles. The fraction of sp³-hybridized carbons (Fsp3) is 0.231. The molecule has 1 unspecified atom stereocenters. The number of benzene rings is 1. The van der Waals surface area contributed by atoms with E-state index in [1.54, 1.807) is 23.5 Å². The lowest BCUT2D eigenvalue weighted by Crippen LogP contribution is -2.09. The first-order chi connectivity index (χ1) is 7.81. The topological polar surface area (TPSA) is 12.0 Å². The average molecular weight is 235 g/mol. The van der Waals surface area contributed by atoms with E-state index in [4.69, 9.17) is 0 Å². The summed E-state index contributed by atoms with van der Waals surface area (Å²) in [4.78, 5) is 1.24. The number of para-hydroxylation sites is 1. The fourth-order valence-corrected chi connectivity index (χ4v) is 2.49. The minimum absolute atomic E-state index is 0.192. The lowest BCUT2D eigenvalue weighted by atomic mass is 10.1. The molecule has 0 fully saturated rings. The molecule has 1 atom stereocenters. The van der Waals surface area contributed by atoms with Gasteiger partial charge in [-0.2, -0.15) is 0 Å². The predicted octanol–water partition coefficient (Wildman–Crippen LogP) is 4.45. The zero-order valence-corrected chi connectivity index (χ0v) is 9.93. The lowest BCUT2D eigenvalue weighted by Gasteiger charge is -2.17. The van der Waals surface area contributed by atoms with Crippen LogP contribution in [-0.4, -0.2) is 0 Å². The fourth-order valence-electron chi connectivity index (χ4n) is 1.63. The second-order valence-corrected chi connectivity index (χ2v) is 4.58. The zero-order valence-electron chi connectivity index (χ0n) is 9.11. The third-order valence-electron chi connectivity index (χ3n) is 2.50. The van der Waals surface area contributed by atoms with E-state index in [1.165, 1.54) is 10.9 Å². The van der Waals surface area contributed by atoms with E-state index in [2.05, 4.69) is 18.3 Å². The van der Waals surface area contributed by atoms with Crippen LogP contribution in [0.15, 0.2) is 41.8 Å². The summed E-state index contributed by atoms with van der Waals surface area (Å²) in [5.41, 5.74) is 0.572. The summed E-state index contributed by atoms with van der Waals surface area (Å²) in [6.45, 7) is 2.10. The van der Waals surface area contributed by atoms with E-state index in [1.807, 2.05) is 17.5 Å². The Hall–Kier alpha value is -1.35. The molecule has 84 valence electrons. The highest BCUT2D eigenvalue weighted by molar-refractivity contribution is 7.10. The van der Waals surface area contributed by atoms with Gasteiger partial charge in [0.05, 0.1) is 11.7 Å². The number of rotatable bonds is 4. The molecule has 2 aromatic rings. The smallest absolute Gasteiger partial charge is 0.146 e. The van der Waals surface area contributed by atoms with Crippen molar-refractivity contribution in [3.05, 3.63) is 52.5 Å². The standard InChI is InChI=1S/C13H14FNS/c1-2-11(13-8-5-9-16-13)15-12-7-4-3-6-10(12)14/h3-9,11,15H,2H2,1H3. The number of hydrogen-bond donors (Lipinski definition) is 1. The Morgan fingerprint density at radius 2 is 2.06 bits per heavy atom. The van der Waals surface area contributed by atoms with Gasteiger partial charge in [-0.05, 0) is 30.0 Å². The second-order valence-electron chi connectivity index (χ2n) is 3.60. The molecule has 0 radical (unpaired) electrons. The van der Waals surface area contributed by atoms with Gasteiger partial charge in [0.2, 0.25) is 0 Å². The molecule has 0 aliphatic heterocycles. The van der Waals surface area contributed by atoms with E-state index in [9.17, 15) is 4.39 Å². The predicted molar refractivity (Wildman–Crippen MR) is 67.4 cm³/mol. The van der Waals surface area contributed by atoms with Crippen LogP contribution in [0.1, 0.15) is 24.3 Å². The number of hydrogen-bond acceptors (Lipinski definition) is 2. The lowest BCUT2D eigenvalue weighted by molar-refractivity contribution is 0.624. The van der Waals surface area contributed by atoms with Crippen molar-refractivity contribution >= 4 is 17.0 Å². The Kier molecular flexibility index (Phi) is 3.57. The van der Waals surface area contributed by atoms with Gasteiger partial charge in [0.25, 0.3) is 0 Å². The Morgan fingerprint density at radius 3 is 2.69 bits per heavy atom. The summed E-state index contributed by atoms with van der Waals surface area (Å²) in [5, 5.41) is 5.28. The summed E-state index contributed by atoms with van der Waals surface area (Å²) in [7, 11) is 0. The maximum Gasteiger partial charge on any atom is 0.146 e. The van der Waals surface area contributed by atoms with E-state index in [0.29, 0.717) is 5.69 Å². The molecule has 0 spiro atoms. The molecular weight excluding hydrogens is 221 g/mol. The van der Waals surface area contributed by atoms with Crippen molar-refractivity contribution in [2.75, 3.05) is 5.32 Å². The Morgan fingerprint density at radius 1 is 1.25 bits per heavy atom. The van der Waals surface area contributed by atoms with Crippen LogP contribution in [0.3, 0.4) is 0 Å². The minimum Gasteiger partial charge on any atom is -0.375 e. The maximum absolute atomic E-state index is 13.5. The molecule has 0 bridgehead atoms. The molecule has 0 saturated carbocycles. The quantitative estimate of drug-likeness (QED) is 0.825. The van der Waals surface area contributed by atoms with E-state index in [-0.39, 0.29) is 11.9 Å². The Labute approximate surface area is 98.9 Å². The SMILES string of the molecule is CCC(Nc1ccccc1F)c1cccs1. The van der Waals surface area contributed by atoms with Crippen LogP contribution in [0, 0.1) is 5.82 Å².